The minimum absolute atomic E-state index is 0.154. The Balaban J connectivity index is 2.40. The van der Waals surface area contributed by atoms with Gasteiger partial charge in [-0.2, -0.15) is 5.26 Å². The summed E-state index contributed by atoms with van der Waals surface area (Å²) in [7, 11) is 0. The molecule has 0 saturated carbocycles. The summed E-state index contributed by atoms with van der Waals surface area (Å²) in [6, 6.07) is 16.7. The van der Waals surface area contributed by atoms with E-state index >= 15 is 0 Å². The Morgan fingerprint density at radius 2 is 1.89 bits per heavy atom. The van der Waals surface area contributed by atoms with E-state index in [0.29, 0.717) is 5.56 Å². The van der Waals surface area contributed by atoms with Crippen LogP contribution in [0.4, 0.5) is 0 Å². The number of carbonyl (C=O) groups is 1. The molecule has 1 atom stereocenters. The lowest BCUT2D eigenvalue weighted by Gasteiger charge is -2.10. The molecule has 0 aliphatic carbocycles. The van der Waals surface area contributed by atoms with Gasteiger partial charge in [-0.15, -0.1) is 0 Å². The number of hydrogen-bond donors (Lipinski definition) is 0. The highest BCUT2D eigenvalue weighted by Crippen LogP contribution is 2.24. The summed E-state index contributed by atoms with van der Waals surface area (Å²) in [5.41, 5.74) is 2.20. The Bertz CT molecular complexity index is 644. The van der Waals surface area contributed by atoms with Crippen molar-refractivity contribution in [2.45, 2.75) is 12.8 Å². The predicted octanol–water partition coefficient (Wildman–Crippen LogP) is 4.25. The van der Waals surface area contributed by atoms with Crippen LogP contribution < -0.4 is 0 Å². The van der Waals surface area contributed by atoms with Gasteiger partial charge in [0.05, 0.1) is 6.07 Å². The number of hydrogen-bond acceptors (Lipinski definition) is 2. The summed E-state index contributed by atoms with van der Waals surface area (Å²) in [5, 5.41) is 9.28. The van der Waals surface area contributed by atoms with Crippen molar-refractivity contribution >= 4 is 21.7 Å². The number of nitriles is 1. The van der Waals surface area contributed by atoms with Crippen LogP contribution in [0.1, 0.15) is 27.4 Å². The Hall–Kier alpha value is -1.92. The molecule has 94 valence electrons. The first-order valence-electron chi connectivity index (χ1n) is 5.88. The van der Waals surface area contributed by atoms with Crippen LogP contribution in [0.2, 0.25) is 0 Å². The first kappa shape index (κ1) is 13.5. The quantitative estimate of drug-likeness (QED) is 0.795. The number of Topliss-reactive ketones (excluding diaryl/α,β-unsaturated/α-hetero) is 1. The molecule has 0 radical (unpaired) electrons. The molecule has 0 spiro atoms. The average molecular weight is 314 g/mol. The second kappa shape index (κ2) is 5.81. The summed E-state index contributed by atoms with van der Waals surface area (Å²) < 4.78 is 0.926. The van der Waals surface area contributed by atoms with E-state index in [9.17, 15) is 10.1 Å². The molecule has 19 heavy (non-hydrogen) atoms. The van der Waals surface area contributed by atoms with Gasteiger partial charge < -0.3 is 0 Å². The minimum Gasteiger partial charge on any atom is -0.292 e. The molecule has 2 rings (SSSR count). The van der Waals surface area contributed by atoms with Gasteiger partial charge in [-0.3, -0.25) is 4.79 Å². The maximum absolute atomic E-state index is 12.5. The number of carbonyl (C=O) groups excluding carboxylic acids is 1. The molecule has 0 fully saturated rings. The van der Waals surface area contributed by atoms with Crippen LogP contribution in [-0.4, -0.2) is 5.78 Å². The summed E-state index contributed by atoms with van der Waals surface area (Å²) in [6.45, 7) is 1.87. The summed E-state index contributed by atoms with van der Waals surface area (Å²) in [4.78, 5) is 12.5. The molecule has 0 N–H and O–H groups in total. The van der Waals surface area contributed by atoms with Gasteiger partial charge in [-0.1, -0.05) is 46.3 Å². The van der Waals surface area contributed by atoms with E-state index in [1.54, 1.807) is 18.2 Å². The van der Waals surface area contributed by atoms with E-state index in [-0.39, 0.29) is 5.78 Å². The molecular weight excluding hydrogens is 302 g/mol. The van der Waals surface area contributed by atoms with Gasteiger partial charge in [0.15, 0.2) is 5.78 Å². The van der Waals surface area contributed by atoms with Crippen molar-refractivity contribution in [1.82, 2.24) is 0 Å². The second-order valence-electron chi connectivity index (χ2n) is 4.30. The van der Waals surface area contributed by atoms with Crippen molar-refractivity contribution in [3.63, 3.8) is 0 Å². The molecule has 1 unspecified atom stereocenters. The molecule has 0 heterocycles. The average Bonchev–Trinajstić information content (AvgIpc) is 2.40. The third-order valence-corrected chi connectivity index (χ3v) is 3.47. The zero-order chi connectivity index (χ0) is 13.8. The smallest absolute Gasteiger partial charge is 0.184 e. The third-order valence-electron chi connectivity index (χ3n) is 2.98. The summed E-state index contributed by atoms with van der Waals surface area (Å²) in [6.07, 6.45) is 0. The van der Waals surface area contributed by atoms with E-state index in [1.165, 1.54) is 0 Å². The number of ketones is 1. The van der Waals surface area contributed by atoms with E-state index in [0.717, 1.165) is 15.6 Å². The van der Waals surface area contributed by atoms with Crippen LogP contribution in [0, 0.1) is 18.3 Å². The van der Waals surface area contributed by atoms with Crippen molar-refractivity contribution in [3.05, 3.63) is 69.7 Å². The lowest BCUT2D eigenvalue weighted by atomic mass is 9.90. The Kier molecular flexibility index (Phi) is 4.13. The third kappa shape index (κ3) is 2.91. The Morgan fingerprint density at radius 1 is 1.21 bits per heavy atom. The number of halogens is 1. The molecular formula is C16H12BrNO. The lowest BCUT2D eigenvalue weighted by Crippen LogP contribution is -2.12. The SMILES string of the molecule is Cc1cc(Br)ccc1C(=O)C(C#N)c1ccccc1. The van der Waals surface area contributed by atoms with Gasteiger partial charge in [0.25, 0.3) is 0 Å². The fraction of sp³-hybridized carbons (Fsp3) is 0.125. The van der Waals surface area contributed by atoms with Gasteiger partial charge >= 0.3 is 0 Å². The Labute approximate surface area is 120 Å². The number of aryl methyl sites for hydroxylation is 1. The van der Waals surface area contributed by atoms with Crippen molar-refractivity contribution < 1.29 is 4.79 Å². The molecule has 0 bridgehead atoms. The predicted molar refractivity (Wildman–Crippen MR) is 78.0 cm³/mol. The van der Waals surface area contributed by atoms with Crippen LogP contribution in [0.25, 0.3) is 0 Å². The zero-order valence-electron chi connectivity index (χ0n) is 10.4. The standard InChI is InChI=1S/C16H12BrNO/c1-11-9-13(17)7-8-14(11)16(19)15(10-18)12-5-3-2-4-6-12/h2-9,15H,1H3. The van der Waals surface area contributed by atoms with Gasteiger partial charge in [0, 0.05) is 10.0 Å². The normalized spacial score (nSPS) is 11.6. The second-order valence-corrected chi connectivity index (χ2v) is 5.21. The van der Waals surface area contributed by atoms with Crippen LogP contribution in [0.3, 0.4) is 0 Å². The minimum atomic E-state index is -0.749. The first-order valence-corrected chi connectivity index (χ1v) is 6.67. The fourth-order valence-corrected chi connectivity index (χ4v) is 2.46. The monoisotopic (exact) mass is 313 g/mol. The molecule has 0 aliphatic heterocycles. The molecule has 2 aromatic rings. The van der Waals surface area contributed by atoms with Crippen molar-refractivity contribution in [2.75, 3.05) is 0 Å². The van der Waals surface area contributed by atoms with Crippen LogP contribution in [-0.2, 0) is 0 Å². The highest BCUT2D eigenvalue weighted by Gasteiger charge is 2.22. The highest BCUT2D eigenvalue weighted by molar-refractivity contribution is 9.10. The van der Waals surface area contributed by atoms with Crippen LogP contribution >= 0.6 is 15.9 Å². The number of rotatable bonds is 3. The maximum Gasteiger partial charge on any atom is 0.184 e. The maximum atomic E-state index is 12.5. The van der Waals surface area contributed by atoms with E-state index in [1.807, 2.05) is 37.3 Å². The van der Waals surface area contributed by atoms with Crippen LogP contribution in [0.15, 0.2) is 53.0 Å². The molecule has 2 nitrogen and oxygen atoms in total. The number of nitrogens with zero attached hydrogens (tertiary/aromatic N) is 1. The molecule has 0 amide bonds. The van der Waals surface area contributed by atoms with Crippen LogP contribution in [0.5, 0.6) is 0 Å². The van der Waals surface area contributed by atoms with E-state index in [2.05, 4.69) is 22.0 Å². The Morgan fingerprint density at radius 3 is 2.47 bits per heavy atom. The molecule has 0 aromatic heterocycles. The highest BCUT2D eigenvalue weighted by atomic mass is 79.9. The van der Waals surface area contributed by atoms with Gasteiger partial charge in [0.1, 0.15) is 5.92 Å². The summed E-state index contributed by atoms with van der Waals surface area (Å²) in [5.74, 6) is -0.903. The molecule has 2 aromatic carbocycles. The van der Waals surface area contributed by atoms with Crippen molar-refractivity contribution in [2.24, 2.45) is 0 Å². The molecule has 0 saturated heterocycles. The largest absolute Gasteiger partial charge is 0.292 e. The van der Waals surface area contributed by atoms with Crippen molar-refractivity contribution in [3.8, 4) is 6.07 Å². The molecule has 0 aliphatic rings. The number of benzene rings is 2. The molecule has 3 heteroatoms. The summed E-state index contributed by atoms with van der Waals surface area (Å²) >= 11 is 3.37. The lowest BCUT2D eigenvalue weighted by molar-refractivity contribution is 0.0978. The van der Waals surface area contributed by atoms with E-state index < -0.39 is 5.92 Å². The van der Waals surface area contributed by atoms with Gasteiger partial charge in [-0.05, 0) is 36.2 Å². The van der Waals surface area contributed by atoms with Gasteiger partial charge in [0.2, 0.25) is 0 Å². The van der Waals surface area contributed by atoms with E-state index in [4.69, 9.17) is 0 Å². The zero-order valence-corrected chi connectivity index (χ0v) is 12.0. The topological polar surface area (TPSA) is 40.9 Å². The first-order chi connectivity index (χ1) is 9.13. The fourth-order valence-electron chi connectivity index (χ4n) is 1.99. The van der Waals surface area contributed by atoms with Gasteiger partial charge in [-0.25, -0.2) is 0 Å². The van der Waals surface area contributed by atoms with Crippen molar-refractivity contribution in [1.29, 1.82) is 5.26 Å².